The van der Waals surface area contributed by atoms with E-state index < -0.39 is 0 Å². The van der Waals surface area contributed by atoms with E-state index in [2.05, 4.69) is 25.7 Å². The first-order valence-electron chi connectivity index (χ1n) is 4.99. The van der Waals surface area contributed by atoms with E-state index in [0.717, 1.165) is 19.5 Å². The van der Waals surface area contributed by atoms with E-state index in [4.69, 9.17) is 0 Å². The van der Waals surface area contributed by atoms with Gasteiger partial charge in [-0.05, 0) is 33.2 Å². The normalized spacial score (nSPS) is 29.5. The Labute approximate surface area is 75.6 Å². The van der Waals surface area contributed by atoms with Crippen LogP contribution in [0.4, 0.5) is 0 Å². The third kappa shape index (κ3) is 2.20. The van der Waals surface area contributed by atoms with Gasteiger partial charge in [-0.3, -0.25) is 4.90 Å². The van der Waals surface area contributed by atoms with Crippen LogP contribution in [-0.4, -0.2) is 34.7 Å². The van der Waals surface area contributed by atoms with Gasteiger partial charge >= 0.3 is 0 Å². The summed E-state index contributed by atoms with van der Waals surface area (Å²) in [6.07, 6.45) is 3.31. The minimum Gasteiger partial charge on any atom is -0.392 e. The third-order valence-corrected chi connectivity index (χ3v) is 2.80. The Hall–Kier alpha value is -0.0800. The minimum absolute atomic E-state index is 0.100. The predicted molar refractivity (Wildman–Crippen MR) is 51.2 cm³/mol. The maximum Gasteiger partial charge on any atom is 0.0684 e. The second kappa shape index (κ2) is 3.75. The summed E-state index contributed by atoms with van der Waals surface area (Å²) in [7, 11) is 0. The summed E-state index contributed by atoms with van der Waals surface area (Å²) in [5.41, 5.74) is 0.217. The van der Waals surface area contributed by atoms with E-state index in [1.165, 1.54) is 12.8 Å². The summed E-state index contributed by atoms with van der Waals surface area (Å²) in [4.78, 5) is 2.40. The Morgan fingerprint density at radius 2 is 2.17 bits per heavy atom. The fourth-order valence-electron chi connectivity index (χ4n) is 2.01. The highest BCUT2D eigenvalue weighted by molar-refractivity contribution is 4.92. The highest BCUT2D eigenvalue weighted by Gasteiger charge is 2.36. The van der Waals surface area contributed by atoms with E-state index in [-0.39, 0.29) is 11.6 Å². The highest BCUT2D eigenvalue weighted by atomic mass is 16.3. The van der Waals surface area contributed by atoms with Gasteiger partial charge in [-0.1, -0.05) is 13.3 Å². The van der Waals surface area contributed by atoms with Crippen molar-refractivity contribution in [2.24, 2.45) is 0 Å². The number of β-amino-alcohol motifs (C(OH)–C–C–N with tert-alkyl or cyclic N) is 1. The molecule has 0 aromatic heterocycles. The summed E-state index contributed by atoms with van der Waals surface area (Å²) in [6, 6.07) is 0. The molecule has 1 atom stereocenters. The molecule has 0 spiro atoms. The largest absolute Gasteiger partial charge is 0.392 e. The zero-order valence-electron chi connectivity index (χ0n) is 8.51. The first kappa shape index (κ1) is 10.0. The van der Waals surface area contributed by atoms with Crippen molar-refractivity contribution in [1.29, 1.82) is 0 Å². The Kier molecular flexibility index (Phi) is 3.13. The van der Waals surface area contributed by atoms with Crippen LogP contribution in [0.15, 0.2) is 0 Å². The quantitative estimate of drug-likeness (QED) is 0.697. The smallest absolute Gasteiger partial charge is 0.0684 e. The molecule has 1 fully saturated rings. The fraction of sp³-hybridized carbons (Fsp3) is 1.00. The van der Waals surface area contributed by atoms with Crippen molar-refractivity contribution in [2.45, 2.75) is 51.7 Å². The topological polar surface area (TPSA) is 23.5 Å². The molecule has 1 N–H and O–H groups in total. The van der Waals surface area contributed by atoms with Crippen molar-refractivity contribution in [3.63, 3.8) is 0 Å². The van der Waals surface area contributed by atoms with Crippen LogP contribution < -0.4 is 0 Å². The SMILES string of the molecule is CCCCN1CC(O)CC1(C)C. The lowest BCUT2D eigenvalue weighted by molar-refractivity contribution is 0.162. The Morgan fingerprint density at radius 1 is 1.50 bits per heavy atom. The standard InChI is InChI=1S/C10H21NO/c1-4-5-6-11-8-9(12)7-10(11,2)3/h9,12H,4-8H2,1-3H3. The van der Waals surface area contributed by atoms with E-state index in [0.29, 0.717) is 0 Å². The van der Waals surface area contributed by atoms with Gasteiger partial charge in [-0.25, -0.2) is 0 Å². The molecule has 0 aromatic carbocycles. The van der Waals surface area contributed by atoms with Crippen molar-refractivity contribution in [3.8, 4) is 0 Å². The van der Waals surface area contributed by atoms with Gasteiger partial charge in [0.25, 0.3) is 0 Å². The van der Waals surface area contributed by atoms with Crippen LogP contribution in [0.25, 0.3) is 0 Å². The summed E-state index contributed by atoms with van der Waals surface area (Å²) in [6.45, 7) is 8.66. The molecular formula is C10H21NO. The Balaban J connectivity index is 2.42. The fourth-order valence-corrected chi connectivity index (χ4v) is 2.01. The van der Waals surface area contributed by atoms with Crippen molar-refractivity contribution < 1.29 is 5.11 Å². The van der Waals surface area contributed by atoms with Crippen LogP contribution in [0.5, 0.6) is 0 Å². The van der Waals surface area contributed by atoms with E-state index in [9.17, 15) is 5.11 Å². The molecule has 0 amide bonds. The Bertz CT molecular complexity index is 145. The maximum absolute atomic E-state index is 9.49. The number of unbranched alkanes of at least 4 members (excludes halogenated alkanes) is 1. The van der Waals surface area contributed by atoms with Crippen LogP contribution in [-0.2, 0) is 0 Å². The van der Waals surface area contributed by atoms with Gasteiger partial charge in [-0.2, -0.15) is 0 Å². The minimum atomic E-state index is -0.100. The Morgan fingerprint density at radius 3 is 2.58 bits per heavy atom. The number of hydrogen-bond acceptors (Lipinski definition) is 2. The van der Waals surface area contributed by atoms with Gasteiger partial charge in [0.15, 0.2) is 0 Å². The van der Waals surface area contributed by atoms with E-state index in [1.807, 2.05) is 0 Å². The molecule has 1 heterocycles. The molecule has 72 valence electrons. The van der Waals surface area contributed by atoms with Crippen molar-refractivity contribution >= 4 is 0 Å². The van der Waals surface area contributed by atoms with E-state index >= 15 is 0 Å². The molecule has 0 bridgehead atoms. The van der Waals surface area contributed by atoms with E-state index in [1.54, 1.807) is 0 Å². The highest BCUT2D eigenvalue weighted by Crippen LogP contribution is 2.28. The van der Waals surface area contributed by atoms with Gasteiger partial charge < -0.3 is 5.11 Å². The molecule has 2 nitrogen and oxygen atoms in total. The zero-order valence-corrected chi connectivity index (χ0v) is 8.51. The molecule has 1 aliphatic rings. The second-order valence-corrected chi connectivity index (χ2v) is 4.47. The molecule has 0 saturated carbocycles. The molecule has 12 heavy (non-hydrogen) atoms. The van der Waals surface area contributed by atoms with Crippen molar-refractivity contribution in [3.05, 3.63) is 0 Å². The maximum atomic E-state index is 9.49. The lowest BCUT2D eigenvalue weighted by Crippen LogP contribution is -2.38. The molecule has 1 unspecified atom stereocenters. The summed E-state index contributed by atoms with van der Waals surface area (Å²) in [5.74, 6) is 0. The average Bonchev–Trinajstić information content (AvgIpc) is 2.20. The molecule has 0 radical (unpaired) electrons. The zero-order chi connectivity index (χ0) is 9.19. The van der Waals surface area contributed by atoms with Crippen molar-refractivity contribution in [2.75, 3.05) is 13.1 Å². The van der Waals surface area contributed by atoms with Crippen molar-refractivity contribution in [1.82, 2.24) is 4.90 Å². The third-order valence-electron chi connectivity index (χ3n) is 2.80. The molecule has 2 heteroatoms. The summed E-state index contributed by atoms with van der Waals surface area (Å²) in [5, 5.41) is 9.49. The van der Waals surface area contributed by atoms with Gasteiger partial charge in [0.1, 0.15) is 0 Å². The van der Waals surface area contributed by atoms with Gasteiger partial charge in [0.2, 0.25) is 0 Å². The second-order valence-electron chi connectivity index (χ2n) is 4.47. The first-order chi connectivity index (χ1) is 5.56. The molecule has 1 aliphatic heterocycles. The summed E-state index contributed by atoms with van der Waals surface area (Å²) >= 11 is 0. The van der Waals surface area contributed by atoms with Crippen LogP contribution >= 0.6 is 0 Å². The molecule has 0 aliphatic carbocycles. The molecule has 1 saturated heterocycles. The number of likely N-dealkylation sites (tertiary alicyclic amines) is 1. The van der Waals surface area contributed by atoms with Crippen LogP contribution in [0, 0.1) is 0 Å². The number of hydrogen-bond donors (Lipinski definition) is 1. The molecule has 1 rings (SSSR count). The number of aliphatic hydroxyl groups is 1. The van der Waals surface area contributed by atoms with Crippen LogP contribution in [0.1, 0.15) is 40.0 Å². The van der Waals surface area contributed by atoms with Gasteiger partial charge in [-0.15, -0.1) is 0 Å². The predicted octanol–water partition coefficient (Wildman–Crippen LogP) is 1.63. The first-order valence-corrected chi connectivity index (χ1v) is 4.99. The lowest BCUT2D eigenvalue weighted by atomic mass is 10.0. The molecular weight excluding hydrogens is 150 g/mol. The lowest BCUT2D eigenvalue weighted by Gasteiger charge is -2.30. The van der Waals surface area contributed by atoms with Gasteiger partial charge in [0.05, 0.1) is 6.10 Å². The van der Waals surface area contributed by atoms with Crippen LogP contribution in [0.3, 0.4) is 0 Å². The number of aliphatic hydroxyl groups excluding tert-OH is 1. The summed E-state index contributed by atoms with van der Waals surface area (Å²) < 4.78 is 0. The average molecular weight is 171 g/mol. The number of rotatable bonds is 3. The molecule has 0 aromatic rings. The monoisotopic (exact) mass is 171 g/mol. The van der Waals surface area contributed by atoms with Crippen LogP contribution in [0.2, 0.25) is 0 Å². The number of nitrogens with zero attached hydrogens (tertiary/aromatic N) is 1. The van der Waals surface area contributed by atoms with Gasteiger partial charge in [0, 0.05) is 12.1 Å².